The average Bonchev–Trinajstić information content (AvgIpc) is 0.918. The first kappa shape index (κ1) is 25.8. The molecule has 5 heavy (non-hydrogen) atoms. The summed E-state index contributed by atoms with van der Waals surface area (Å²) in [5.41, 5.74) is 0. The van der Waals surface area contributed by atoms with Crippen molar-refractivity contribution in [3.63, 3.8) is 0 Å². The molecule has 5 N–H and O–H groups in total. The Hall–Kier alpha value is -0.590. The highest BCUT2D eigenvalue weighted by Crippen LogP contribution is 1.21. The van der Waals surface area contributed by atoms with Crippen molar-refractivity contribution < 1.29 is 5.48 Å². The van der Waals surface area contributed by atoms with Gasteiger partial charge in [0.1, 0.15) is 0 Å². The van der Waals surface area contributed by atoms with E-state index in [-0.39, 0.29) is 11.6 Å². The van der Waals surface area contributed by atoms with Crippen molar-refractivity contribution in [3.05, 3.63) is 0 Å². The molecule has 0 bridgehead atoms. The predicted octanol–water partition coefficient (Wildman–Crippen LogP) is -0.133. The smallest absolute Gasteiger partial charge is 0.0587 e. The molecule has 0 unspecified atom stereocenters. The maximum Gasteiger partial charge on any atom is 0.0587 e. The molecule has 0 fully saturated rings. The molecule has 3 nitrogen and oxygen atoms in total. The van der Waals surface area contributed by atoms with E-state index in [2.05, 4.69) is 0 Å². The zero-order valence-electron chi connectivity index (χ0n) is 3.15. The Morgan fingerprint density at radius 3 is 1.60 bits per heavy atom. The molecule has 0 amide bonds. The second-order valence-corrected chi connectivity index (χ2v) is 0.224. The van der Waals surface area contributed by atoms with Crippen molar-refractivity contribution in [1.29, 1.82) is 5.26 Å². The zero-order chi connectivity index (χ0) is 2.71. The van der Waals surface area contributed by atoms with E-state index < -0.39 is 0 Å². The van der Waals surface area contributed by atoms with Crippen LogP contribution in [0.3, 0.4) is 0 Å². The molecule has 0 heterocycles. The summed E-state index contributed by atoms with van der Waals surface area (Å²) < 4.78 is 0. The number of hydrogen-bond acceptors (Lipinski definition) is 2. The maximum absolute atomic E-state index is 7.32. The standard InChI is InChI=1S/C2H3N.H3N.H2O/c1-2-3;;/h1H3;1H3;1H2. The second-order valence-electron chi connectivity index (χ2n) is 0.224. The molecule has 32 valence electrons. The SMILES string of the molecule is CC#N.N.O. The van der Waals surface area contributed by atoms with Gasteiger partial charge in [0.2, 0.25) is 0 Å². The van der Waals surface area contributed by atoms with Gasteiger partial charge in [0.05, 0.1) is 6.07 Å². The van der Waals surface area contributed by atoms with Crippen LogP contribution in [0.4, 0.5) is 0 Å². The van der Waals surface area contributed by atoms with Crippen LogP contribution in [0.1, 0.15) is 6.92 Å². The highest BCUT2D eigenvalue weighted by atomic mass is 16.0. The van der Waals surface area contributed by atoms with Crippen LogP contribution in [-0.2, 0) is 0 Å². The van der Waals surface area contributed by atoms with Gasteiger partial charge in [0, 0.05) is 6.92 Å². The lowest BCUT2D eigenvalue weighted by molar-refractivity contribution is 0.824. The van der Waals surface area contributed by atoms with E-state index >= 15 is 0 Å². The molecule has 3 heteroatoms. The van der Waals surface area contributed by atoms with Crippen LogP contribution < -0.4 is 6.15 Å². The van der Waals surface area contributed by atoms with Gasteiger partial charge < -0.3 is 11.6 Å². The summed E-state index contributed by atoms with van der Waals surface area (Å²) >= 11 is 0. The molecule has 0 saturated heterocycles. The van der Waals surface area contributed by atoms with E-state index in [9.17, 15) is 0 Å². The molecule has 0 saturated carbocycles. The minimum atomic E-state index is 0. The van der Waals surface area contributed by atoms with Crippen LogP contribution >= 0.6 is 0 Å². The third-order valence-corrected chi connectivity index (χ3v) is 0. The van der Waals surface area contributed by atoms with Crippen LogP contribution in [0, 0.1) is 11.3 Å². The normalized spacial score (nSPS) is 1.60. The summed E-state index contributed by atoms with van der Waals surface area (Å²) in [6, 6.07) is 1.75. The minimum Gasteiger partial charge on any atom is -0.412 e. The lowest BCUT2D eigenvalue weighted by atomic mass is 11.0. The Balaban J connectivity index is -0.0000000200. The van der Waals surface area contributed by atoms with Crippen molar-refractivity contribution in [2.45, 2.75) is 6.92 Å². The predicted molar refractivity (Wildman–Crippen MR) is 19.9 cm³/mol. The first-order valence-corrected chi connectivity index (χ1v) is 0.724. The van der Waals surface area contributed by atoms with E-state index in [1.165, 1.54) is 6.92 Å². The van der Waals surface area contributed by atoms with E-state index in [4.69, 9.17) is 5.26 Å². The summed E-state index contributed by atoms with van der Waals surface area (Å²) in [6.07, 6.45) is 0. The topological polar surface area (TPSA) is 90.3 Å². The van der Waals surface area contributed by atoms with Gasteiger partial charge in [-0.25, -0.2) is 0 Å². The monoisotopic (exact) mass is 76.1 g/mol. The highest BCUT2D eigenvalue weighted by Gasteiger charge is 1.17. The second kappa shape index (κ2) is 118. The van der Waals surface area contributed by atoms with Crippen molar-refractivity contribution in [2.75, 3.05) is 0 Å². The Kier molecular flexibility index (Phi) is 608. The fourth-order valence-electron chi connectivity index (χ4n) is 0. The van der Waals surface area contributed by atoms with Gasteiger partial charge >= 0.3 is 0 Å². The summed E-state index contributed by atoms with van der Waals surface area (Å²) in [7, 11) is 0. The van der Waals surface area contributed by atoms with Crippen LogP contribution in [-0.4, -0.2) is 5.48 Å². The third-order valence-electron chi connectivity index (χ3n) is 0. The van der Waals surface area contributed by atoms with Crippen molar-refractivity contribution in [3.8, 4) is 6.07 Å². The van der Waals surface area contributed by atoms with E-state index in [1.54, 1.807) is 6.07 Å². The largest absolute Gasteiger partial charge is 0.412 e. The van der Waals surface area contributed by atoms with Gasteiger partial charge in [-0.2, -0.15) is 5.26 Å². The molecule has 0 aliphatic rings. The molecular formula is C2H8N2O. The molecule has 0 atom stereocenters. The molecule has 0 rings (SSSR count). The number of nitriles is 1. The van der Waals surface area contributed by atoms with Crippen molar-refractivity contribution >= 4 is 0 Å². The highest BCUT2D eigenvalue weighted by molar-refractivity contribution is 4.51. The average molecular weight is 76.1 g/mol. The van der Waals surface area contributed by atoms with Gasteiger partial charge in [0.15, 0.2) is 0 Å². The van der Waals surface area contributed by atoms with Crippen LogP contribution in [0.2, 0.25) is 0 Å². The quantitative estimate of drug-likeness (QED) is 0.435. The lowest BCUT2D eigenvalue weighted by Gasteiger charge is -1.15. The van der Waals surface area contributed by atoms with Crippen molar-refractivity contribution in [1.82, 2.24) is 6.15 Å². The van der Waals surface area contributed by atoms with Crippen molar-refractivity contribution in [2.24, 2.45) is 0 Å². The summed E-state index contributed by atoms with van der Waals surface area (Å²) in [5, 5.41) is 7.32. The summed E-state index contributed by atoms with van der Waals surface area (Å²) in [6.45, 7) is 1.43. The minimum absolute atomic E-state index is 0. The van der Waals surface area contributed by atoms with Gasteiger partial charge in [-0.3, -0.25) is 0 Å². The number of rotatable bonds is 0. The molecule has 0 spiro atoms. The van der Waals surface area contributed by atoms with Gasteiger partial charge in [-0.05, 0) is 0 Å². The van der Waals surface area contributed by atoms with E-state index in [0.29, 0.717) is 0 Å². The van der Waals surface area contributed by atoms with Crippen LogP contribution in [0.5, 0.6) is 0 Å². The van der Waals surface area contributed by atoms with E-state index in [1.807, 2.05) is 0 Å². The Morgan fingerprint density at radius 2 is 1.60 bits per heavy atom. The molecule has 0 aliphatic heterocycles. The molecule has 0 aromatic carbocycles. The molecule has 0 aliphatic carbocycles. The Bertz CT molecular complexity index is 29.1. The zero-order valence-corrected chi connectivity index (χ0v) is 3.15. The molecule has 0 aromatic rings. The fourth-order valence-corrected chi connectivity index (χ4v) is 0. The first-order chi connectivity index (χ1) is 1.41. The van der Waals surface area contributed by atoms with Gasteiger partial charge in [0.25, 0.3) is 0 Å². The lowest BCUT2D eigenvalue weighted by Crippen LogP contribution is -1.10. The van der Waals surface area contributed by atoms with Crippen LogP contribution in [0.25, 0.3) is 0 Å². The van der Waals surface area contributed by atoms with Gasteiger partial charge in [-0.15, -0.1) is 0 Å². The molecular weight excluding hydrogens is 68.0 g/mol. The summed E-state index contributed by atoms with van der Waals surface area (Å²) in [4.78, 5) is 0. The fraction of sp³-hybridized carbons (Fsp3) is 0.500. The summed E-state index contributed by atoms with van der Waals surface area (Å²) in [5.74, 6) is 0. The Labute approximate surface area is 31.1 Å². The number of hydrogen-bond donors (Lipinski definition) is 1. The third kappa shape index (κ3) is 19.5. The molecule has 0 aromatic heterocycles. The molecule has 0 radical (unpaired) electrons. The maximum atomic E-state index is 7.32. The first-order valence-electron chi connectivity index (χ1n) is 0.724. The van der Waals surface area contributed by atoms with E-state index in [0.717, 1.165) is 0 Å². The Morgan fingerprint density at radius 1 is 1.60 bits per heavy atom. The number of nitrogens with zero attached hydrogens (tertiary/aromatic N) is 1. The van der Waals surface area contributed by atoms with Crippen LogP contribution in [0.15, 0.2) is 0 Å². The van der Waals surface area contributed by atoms with Gasteiger partial charge in [-0.1, -0.05) is 0 Å².